The molecule has 120 valence electrons. The number of halogens is 2. The van der Waals surface area contributed by atoms with Crippen LogP contribution in [0.4, 0.5) is 21.6 Å². The monoisotopic (exact) mass is 385 g/mol. The van der Waals surface area contributed by atoms with Crippen LogP contribution in [0.2, 0.25) is 0 Å². The second-order valence-electron chi connectivity index (χ2n) is 5.03. The largest absolute Gasteiger partial charge is 0.340 e. The van der Waals surface area contributed by atoms with E-state index in [1.54, 1.807) is 42.6 Å². The Morgan fingerprint density at radius 3 is 2.21 bits per heavy atom. The molecule has 0 unspecified atom stereocenters. The summed E-state index contributed by atoms with van der Waals surface area (Å²) in [5.74, 6) is 0.103. The summed E-state index contributed by atoms with van der Waals surface area (Å²) >= 11 is 3.33. The van der Waals surface area contributed by atoms with Crippen LogP contribution in [0.5, 0.6) is 0 Å². The van der Waals surface area contributed by atoms with Crippen molar-refractivity contribution in [2.24, 2.45) is 0 Å². The number of hydrogen-bond donors (Lipinski definition) is 2. The van der Waals surface area contributed by atoms with E-state index in [2.05, 4.69) is 31.5 Å². The minimum Gasteiger partial charge on any atom is -0.340 e. The zero-order chi connectivity index (χ0) is 16.9. The summed E-state index contributed by atoms with van der Waals surface area (Å²) in [7, 11) is 0. The number of benzene rings is 2. The van der Waals surface area contributed by atoms with Gasteiger partial charge in [0.1, 0.15) is 11.6 Å². The van der Waals surface area contributed by atoms with Gasteiger partial charge in [-0.05, 0) is 60.7 Å². The molecule has 0 fully saturated rings. The second-order valence-corrected chi connectivity index (χ2v) is 5.94. The number of pyridine rings is 1. The van der Waals surface area contributed by atoms with E-state index in [1.165, 1.54) is 12.1 Å². The number of nitrogens with one attached hydrogen (secondary N) is 2. The van der Waals surface area contributed by atoms with Crippen LogP contribution in [0.25, 0.3) is 0 Å². The third-order valence-corrected chi connectivity index (χ3v) is 3.77. The maximum atomic E-state index is 12.9. The van der Waals surface area contributed by atoms with E-state index in [0.29, 0.717) is 17.1 Å². The molecule has 2 aromatic carbocycles. The molecule has 0 atom stereocenters. The van der Waals surface area contributed by atoms with Crippen molar-refractivity contribution in [2.75, 3.05) is 10.6 Å². The molecule has 0 aliphatic rings. The van der Waals surface area contributed by atoms with E-state index in [0.717, 1.165) is 10.2 Å². The van der Waals surface area contributed by atoms with Gasteiger partial charge in [0, 0.05) is 15.7 Å². The van der Waals surface area contributed by atoms with E-state index < -0.39 is 0 Å². The van der Waals surface area contributed by atoms with Gasteiger partial charge in [0.25, 0.3) is 5.91 Å². The molecule has 0 aliphatic carbocycles. The van der Waals surface area contributed by atoms with E-state index in [9.17, 15) is 9.18 Å². The number of anilines is 3. The molecule has 0 saturated carbocycles. The molecule has 3 rings (SSSR count). The Balaban J connectivity index is 1.64. The minimum atomic E-state index is -0.292. The first kappa shape index (κ1) is 16.1. The highest BCUT2D eigenvalue weighted by Gasteiger charge is 2.06. The predicted octanol–water partition coefficient (Wildman–Crippen LogP) is 4.98. The number of carbonyl (C=O) groups excluding carboxylic acids is 1. The molecule has 4 nitrogen and oxygen atoms in total. The van der Waals surface area contributed by atoms with Crippen molar-refractivity contribution >= 4 is 39.0 Å². The van der Waals surface area contributed by atoms with Crippen LogP contribution in [0.15, 0.2) is 71.3 Å². The van der Waals surface area contributed by atoms with Gasteiger partial charge in [-0.25, -0.2) is 9.37 Å². The van der Waals surface area contributed by atoms with Gasteiger partial charge in [0.2, 0.25) is 0 Å². The average Bonchev–Trinajstić information content (AvgIpc) is 2.59. The number of carbonyl (C=O) groups is 1. The van der Waals surface area contributed by atoms with E-state index >= 15 is 0 Å². The molecule has 1 aromatic heterocycles. The highest BCUT2D eigenvalue weighted by Crippen LogP contribution is 2.17. The summed E-state index contributed by atoms with van der Waals surface area (Å²) in [6, 6.07) is 16.6. The molecule has 24 heavy (non-hydrogen) atoms. The lowest BCUT2D eigenvalue weighted by atomic mass is 10.2. The van der Waals surface area contributed by atoms with Gasteiger partial charge >= 0.3 is 0 Å². The molecule has 0 aliphatic heterocycles. The van der Waals surface area contributed by atoms with E-state index in [4.69, 9.17) is 0 Å². The molecule has 2 N–H and O–H groups in total. The van der Waals surface area contributed by atoms with Gasteiger partial charge < -0.3 is 10.6 Å². The Hall–Kier alpha value is -2.73. The number of aromatic nitrogens is 1. The van der Waals surface area contributed by atoms with Crippen LogP contribution in [0.3, 0.4) is 0 Å². The Kier molecular flexibility index (Phi) is 4.86. The summed E-state index contributed by atoms with van der Waals surface area (Å²) in [6.45, 7) is 0. The lowest BCUT2D eigenvalue weighted by molar-refractivity contribution is 0.102. The van der Waals surface area contributed by atoms with Gasteiger partial charge in [-0.1, -0.05) is 15.9 Å². The van der Waals surface area contributed by atoms with Gasteiger partial charge in [0.05, 0.1) is 11.9 Å². The molecule has 0 radical (unpaired) electrons. The Morgan fingerprint density at radius 1 is 0.917 bits per heavy atom. The van der Waals surface area contributed by atoms with Crippen molar-refractivity contribution in [3.63, 3.8) is 0 Å². The lowest BCUT2D eigenvalue weighted by Crippen LogP contribution is -2.11. The van der Waals surface area contributed by atoms with Crippen molar-refractivity contribution in [3.8, 4) is 0 Å². The van der Waals surface area contributed by atoms with Crippen molar-refractivity contribution < 1.29 is 9.18 Å². The number of hydrogen-bond acceptors (Lipinski definition) is 3. The third kappa shape index (κ3) is 4.17. The van der Waals surface area contributed by atoms with Crippen LogP contribution < -0.4 is 10.6 Å². The normalized spacial score (nSPS) is 10.2. The van der Waals surface area contributed by atoms with Crippen LogP contribution >= 0.6 is 15.9 Å². The van der Waals surface area contributed by atoms with Gasteiger partial charge in [-0.2, -0.15) is 0 Å². The SMILES string of the molecule is O=C(Nc1ccc(Nc2ccc(F)cc2)nc1)c1ccc(Br)cc1. The number of rotatable bonds is 4. The molecular formula is C18H13BrFN3O. The molecule has 6 heteroatoms. The smallest absolute Gasteiger partial charge is 0.255 e. The van der Waals surface area contributed by atoms with Gasteiger partial charge in [-0.15, -0.1) is 0 Å². The number of amides is 1. The summed E-state index contributed by atoms with van der Waals surface area (Å²) in [6.07, 6.45) is 1.56. The van der Waals surface area contributed by atoms with Crippen LogP contribution in [-0.4, -0.2) is 10.9 Å². The summed E-state index contributed by atoms with van der Waals surface area (Å²) < 4.78 is 13.8. The fraction of sp³-hybridized carbons (Fsp3) is 0. The van der Waals surface area contributed by atoms with Gasteiger partial charge in [0.15, 0.2) is 0 Å². The van der Waals surface area contributed by atoms with E-state index in [-0.39, 0.29) is 11.7 Å². The quantitative estimate of drug-likeness (QED) is 0.665. The van der Waals surface area contributed by atoms with Crippen molar-refractivity contribution in [2.45, 2.75) is 0 Å². The fourth-order valence-corrected chi connectivity index (χ4v) is 2.29. The molecule has 1 heterocycles. The first-order valence-corrected chi connectivity index (χ1v) is 7.95. The van der Waals surface area contributed by atoms with Crippen LogP contribution in [-0.2, 0) is 0 Å². The first-order valence-electron chi connectivity index (χ1n) is 7.16. The summed E-state index contributed by atoms with van der Waals surface area (Å²) in [5.41, 5.74) is 1.88. The van der Waals surface area contributed by atoms with Crippen molar-refractivity contribution in [3.05, 3.63) is 82.7 Å². The third-order valence-electron chi connectivity index (χ3n) is 3.24. The standard InChI is InChI=1S/C18H13BrFN3O/c19-13-3-1-12(2-4-13)18(24)23-16-9-10-17(21-11-16)22-15-7-5-14(20)6-8-15/h1-11H,(H,21,22)(H,23,24). The Labute approximate surface area is 146 Å². The van der Waals surface area contributed by atoms with E-state index in [1.807, 2.05) is 12.1 Å². The number of nitrogens with zero attached hydrogens (tertiary/aromatic N) is 1. The summed E-state index contributed by atoms with van der Waals surface area (Å²) in [4.78, 5) is 16.4. The molecule has 0 bridgehead atoms. The second kappa shape index (κ2) is 7.23. The molecular weight excluding hydrogens is 373 g/mol. The molecule has 3 aromatic rings. The Morgan fingerprint density at radius 2 is 1.58 bits per heavy atom. The maximum Gasteiger partial charge on any atom is 0.255 e. The first-order chi connectivity index (χ1) is 11.6. The Bertz CT molecular complexity index is 834. The lowest BCUT2D eigenvalue weighted by Gasteiger charge is -2.08. The fourth-order valence-electron chi connectivity index (χ4n) is 2.03. The maximum absolute atomic E-state index is 12.9. The van der Waals surface area contributed by atoms with Gasteiger partial charge in [-0.3, -0.25) is 4.79 Å². The average molecular weight is 386 g/mol. The summed E-state index contributed by atoms with van der Waals surface area (Å²) in [5, 5.41) is 5.84. The molecule has 0 saturated heterocycles. The highest BCUT2D eigenvalue weighted by atomic mass is 79.9. The van der Waals surface area contributed by atoms with Crippen LogP contribution in [0, 0.1) is 5.82 Å². The predicted molar refractivity (Wildman–Crippen MR) is 96.0 cm³/mol. The molecule has 0 spiro atoms. The van der Waals surface area contributed by atoms with Crippen molar-refractivity contribution in [1.82, 2.24) is 4.98 Å². The molecule has 1 amide bonds. The zero-order valence-corrected chi connectivity index (χ0v) is 14.0. The highest BCUT2D eigenvalue weighted by molar-refractivity contribution is 9.10. The zero-order valence-electron chi connectivity index (χ0n) is 12.5. The minimum absolute atomic E-state index is 0.205. The van der Waals surface area contributed by atoms with Crippen molar-refractivity contribution in [1.29, 1.82) is 0 Å². The van der Waals surface area contributed by atoms with Crippen LogP contribution in [0.1, 0.15) is 10.4 Å². The topological polar surface area (TPSA) is 54.0 Å².